The Bertz CT molecular complexity index is 1450. The summed E-state index contributed by atoms with van der Waals surface area (Å²) in [4.78, 5) is 34.4. The van der Waals surface area contributed by atoms with Crippen molar-refractivity contribution in [3.63, 3.8) is 0 Å². The normalized spacial score (nSPS) is 18.4. The molecule has 1 unspecified atom stereocenters. The number of benzene rings is 2. The van der Waals surface area contributed by atoms with E-state index in [4.69, 9.17) is 19.0 Å². The number of nitrogens with one attached hydrogen (secondary N) is 2. The number of rotatable bonds is 9. The number of aromatic nitrogens is 1. The molecule has 3 aliphatic heterocycles. The number of thioether (sulfide) groups is 1. The molecule has 0 spiro atoms. The van der Waals surface area contributed by atoms with Gasteiger partial charge in [-0.15, -0.1) is 0 Å². The van der Waals surface area contributed by atoms with Gasteiger partial charge in [0.25, 0.3) is 0 Å². The van der Waals surface area contributed by atoms with Gasteiger partial charge in [-0.2, -0.15) is 0 Å². The van der Waals surface area contributed by atoms with Crippen molar-refractivity contribution in [2.45, 2.75) is 30.2 Å². The number of fused-ring (bicyclic) bond motifs is 3. The maximum Gasteiger partial charge on any atom is 0.324 e. The summed E-state index contributed by atoms with van der Waals surface area (Å²) in [6.45, 7) is 9.24. The molecule has 12 heteroatoms. The number of amidine groups is 1. The van der Waals surface area contributed by atoms with Crippen LogP contribution in [-0.2, 0) is 14.9 Å². The summed E-state index contributed by atoms with van der Waals surface area (Å²) >= 11 is 1.67. The third-order valence-corrected chi connectivity index (χ3v) is 8.35. The van der Waals surface area contributed by atoms with E-state index in [2.05, 4.69) is 37.7 Å². The van der Waals surface area contributed by atoms with Crippen LogP contribution in [-0.4, -0.2) is 73.5 Å². The molecule has 214 valence electrons. The van der Waals surface area contributed by atoms with Crippen LogP contribution >= 0.6 is 11.8 Å². The SMILES string of the molecule is CC(C)(C=O)c1cc(NC(=O)Nc2ccc(C3CN4C(=N3)Sc3cc(OCCN5CCOCC5)ccc34)cc2)no1. The second kappa shape index (κ2) is 11.6. The summed E-state index contributed by atoms with van der Waals surface area (Å²) in [5.74, 6) is 1.49. The summed E-state index contributed by atoms with van der Waals surface area (Å²) in [5.41, 5.74) is 2.04. The number of carbonyl (C=O) groups is 2. The van der Waals surface area contributed by atoms with Gasteiger partial charge in [0.1, 0.15) is 18.6 Å². The second-order valence-corrected chi connectivity index (χ2v) is 11.7. The highest BCUT2D eigenvalue weighted by atomic mass is 32.2. The van der Waals surface area contributed by atoms with Crippen LogP contribution in [0.3, 0.4) is 0 Å². The van der Waals surface area contributed by atoms with Crippen molar-refractivity contribution >= 4 is 46.4 Å². The Morgan fingerprint density at radius 1 is 1.15 bits per heavy atom. The fourth-order valence-corrected chi connectivity index (χ4v) is 5.94. The Labute approximate surface area is 242 Å². The van der Waals surface area contributed by atoms with E-state index in [1.54, 1.807) is 31.7 Å². The van der Waals surface area contributed by atoms with Crippen molar-refractivity contribution in [1.82, 2.24) is 10.1 Å². The predicted octanol–water partition coefficient (Wildman–Crippen LogP) is 4.53. The highest BCUT2D eigenvalue weighted by Gasteiger charge is 2.35. The lowest BCUT2D eigenvalue weighted by Gasteiger charge is -2.26. The zero-order valence-electron chi connectivity index (χ0n) is 23.0. The van der Waals surface area contributed by atoms with Gasteiger partial charge in [-0.25, -0.2) is 4.79 Å². The number of morpholine rings is 1. The minimum atomic E-state index is -0.820. The van der Waals surface area contributed by atoms with Crippen molar-refractivity contribution in [1.29, 1.82) is 0 Å². The number of aldehydes is 1. The van der Waals surface area contributed by atoms with Crippen LogP contribution in [0.1, 0.15) is 31.2 Å². The Balaban J connectivity index is 1.01. The molecule has 2 aromatic carbocycles. The zero-order chi connectivity index (χ0) is 28.4. The number of ether oxygens (including phenoxy) is 2. The Kier molecular flexibility index (Phi) is 7.69. The van der Waals surface area contributed by atoms with Gasteiger partial charge < -0.3 is 29.0 Å². The molecule has 1 atom stereocenters. The Morgan fingerprint density at radius 3 is 2.73 bits per heavy atom. The van der Waals surface area contributed by atoms with Gasteiger partial charge in [-0.1, -0.05) is 17.3 Å². The molecule has 11 nitrogen and oxygen atoms in total. The highest BCUT2D eigenvalue weighted by molar-refractivity contribution is 8.14. The van der Waals surface area contributed by atoms with E-state index in [1.807, 2.05) is 30.3 Å². The molecule has 1 aromatic heterocycles. The summed E-state index contributed by atoms with van der Waals surface area (Å²) in [6, 6.07) is 15.0. The largest absolute Gasteiger partial charge is 0.492 e. The fraction of sp³-hybridized carbons (Fsp3) is 0.379. The van der Waals surface area contributed by atoms with Gasteiger partial charge in [0.05, 0.1) is 36.9 Å². The van der Waals surface area contributed by atoms with Gasteiger partial charge in [0.2, 0.25) is 0 Å². The first-order valence-electron chi connectivity index (χ1n) is 13.6. The van der Waals surface area contributed by atoms with Crippen LogP contribution in [0.15, 0.2) is 62.9 Å². The molecule has 41 heavy (non-hydrogen) atoms. The molecule has 4 heterocycles. The quantitative estimate of drug-likeness (QED) is 0.354. The monoisotopic (exact) mass is 576 g/mol. The minimum Gasteiger partial charge on any atom is -0.492 e. The average molecular weight is 577 g/mol. The third-order valence-electron chi connectivity index (χ3n) is 7.29. The van der Waals surface area contributed by atoms with Crippen molar-refractivity contribution in [2.75, 3.05) is 61.5 Å². The molecule has 6 rings (SSSR count). The first-order chi connectivity index (χ1) is 19.9. The number of nitrogens with zero attached hydrogens (tertiary/aromatic N) is 4. The number of anilines is 3. The van der Waals surface area contributed by atoms with E-state index in [9.17, 15) is 9.59 Å². The zero-order valence-corrected chi connectivity index (χ0v) is 23.8. The smallest absolute Gasteiger partial charge is 0.324 e. The molecule has 0 bridgehead atoms. The lowest BCUT2D eigenvalue weighted by Crippen LogP contribution is -2.38. The second-order valence-electron chi connectivity index (χ2n) is 10.7. The molecule has 0 aliphatic carbocycles. The van der Waals surface area contributed by atoms with Crippen molar-refractivity contribution in [3.8, 4) is 5.75 Å². The summed E-state index contributed by atoms with van der Waals surface area (Å²) in [5, 5.41) is 10.2. The van der Waals surface area contributed by atoms with Crippen molar-refractivity contribution in [3.05, 3.63) is 59.9 Å². The maximum absolute atomic E-state index is 12.4. The number of urea groups is 1. The lowest BCUT2D eigenvalue weighted by molar-refractivity contribution is -0.112. The number of hydrogen-bond donors (Lipinski definition) is 2. The van der Waals surface area contributed by atoms with Crippen LogP contribution in [0.2, 0.25) is 0 Å². The van der Waals surface area contributed by atoms with Crippen LogP contribution in [0.25, 0.3) is 0 Å². The third kappa shape index (κ3) is 6.09. The lowest BCUT2D eigenvalue weighted by atomic mass is 9.93. The van der Waals surface area contributed by atoms with E-state index >= 15 is 0 Å². The fourth-order valence-electron chi connectivity index (χ4n) is 4.83. The molecule has 2 amide bonds. The van der Waals surface area contributed by atoms with E-state index in [0.717, 1.165) is 72.7 Å². The highest BCUT2D eigenvalue weighted by Crippen LogP contribution is 2.46. The molecule has 1 saturated heterocycles. The van der Waals surface area contributed by atoms with Gasteiger partial charge in [-0.3, -0.25) is 15.2 Å². The number of hydrogen-bond acceptors (Lipinski definition) is 10. The topological polar surface area (TPSA) is 122 Å². The molecular formula is C29H32N6O5S. The van der Waals surface area contributed by atoms with Gasteiger partial charge in [0.15, 0.2) is 16.7 Å². The molecule has 0 saturated carbocycles. The number of carbonyl (C=O) groups excluding carboxylic acids is 2. The molecule has 2 N–H and O–H groups in total. The Hall–Kier alpha value is -3.87. The number of aliphatic imine (C=N–C) groups is 1. The standard InChI is InChI=1S/C29H32N6O5S/c1-29(2,18-36)25-16-26(33-40-25)32-27(37)30-20-5-3-19(4-6-20)22-17-35-23-8-7-21(15-24(23)41-28(35)31-22)39-14-11-34-9-12-38-13-10-34/h3-8,15-16,18,22H,9-14,17H2,1-2H3,(H2,30,32,33,37). The van der Waals surface area contributed by atoms with E-state index < -0.39 is 11.4 Å². The first kappa shape index (κ1) is 27.3. The van der Waals surface area contributed by atoms with Crippen LogP contribution in [0.5, 0.6) is 5.75 Å². The summed E-state index contributed by atoms with van der Waals surface area (Å²) in [7, 11) is 0. The predicted molar refractivity (Wildman–Crippen MR) is 157 cm³/mol. The maximum atomic E-state index is 12.4. The molecule has 0 radical (unpaired) electrons. The van der Waals surface area contributed by atoms with Crippen LogP contribution in [0, 0.1) is 0 Å². The number of amides is 2. The van der Waals surface area contributed by atoms with Crippen LogP contribution in [0.4, 0.5) is 22.0 Å². The van der Waals surface area contributed by atoms with Gasteiger partial charge in [-0.05, 0) is 61.5 Å². The van der Waals surface area contributed by atoms with Gasteiger partial charge in [0, 0.05) is 36.3 Å². The summed E-state index contributed by atoms with van der Waals surface area (Å²) < 4.78 is 16.6. The molecule has 3 aliphatic rings. The minimum absolute atomic E-state index is 0.00713. The molecule has 1 fully saturated rings. The van der Waals surface area contributed by atoms with E-state index in [1.165, 1.54) is 0 Å². The summed E-state index contributed by atoms with van der Waals surface area (Å²) in [6.07, 6.45) is 0.774. The Morgan fingerprint density at radius 2 is 1.95 bits per heavy atom. The van der Waals surface area contributed by atoms with Crippen LogP contribution < -0.4 is 20.3 Å². The molecular weight excluding hydrogens is 544 g/mol. The average Bonchev–Trinajstić information content (AvgIpc) is 3.69. The van der Waals surface area contributed by atoms with E-state index in [0.29, 0.717) is 18.1 Å². The first-order valence-corrected chi connectivity index (χ1v) is 14.4. The van der Waals surface area contributed by atoms with Crippen molar-refractivity contribution in [2.24, 2.45) is 4.99 Å². The van der Waals surface area contributed by atoms with E-state index in [-0.39, 0.29) is 11.9 Å². The molecule has 3 aromatic rings. The van der Waals surface area contributed by atoms with Gasteiger partial charge >= 0.3 is 6.03 Å². The van der Waals surface area contributed by atoms with Crippen molar-refractivity contribution < 1.29 is 23.6 Å².